The zero-order valence-electron chi connectivity index (χ0n) is 6.77. The van der Waals surface area contributed by atoms with E-state index in [1.807, 2.05) is 0 Å². The van der Waals surface area contributed by atoms with Crippen molar-refractivity contribution >= 4 is 6.16 Å². The van der Waals surface area contributed by atoms with E-state index in [0.717, 1.165) is 0 Å². The van der Waals surface area contributed by atoms with E-state index in [1.54, 1.807) is 0 Å². The van der Waals surface area contributed by atoms with Crippen molar-refractivity contribution in [2.45, 2.75) is 0 Å². The third-order valence-electron chi connectivity index (χ3n) is 1.06. The van der Waals surface area contributed by atoms with E-state index < -0.39 is 35.2 Å². The van der Waals surface area contributed by atoms with Crippen LogP contribution >= 0.6 is 0 Å². The summed E-state index contributed by atoms with van der Waals surface area (Å²) in [6, 6.07) is -0.0618. The van der Waals surface area contributed by atoms with Gasteiger partial charge in [-0.2, -0.15) is 0 Å². The van der Waals surface area contributed by atoms with Crippen molar-refractivity contribution in [3.05, 3.63) is 35.2 Å². The number of halogens is 5. The summed E-state index contributed by atoms with van der Waals surface area (Å²) in [4.78, 5) is 8.56. The summed E-state index contributed by atoms with van der Waals surface area (Å²) in [5.41, 5.74) is 0. The maximum atomic E-state index is 12.0. The maximum absolute atomic E-state index is 12.0. The summed E-state index contributed by atoms with van der Waals surface area (Å²) in [7, 11) is 0. The fourth-order valence-corrected chi connectivity index (χ4v) is 0.544. The molecule has 84 valence electrons. The van der Waals surface area contributed by atoms with Gasteiger partial charge in [-0.05, 0) is 0 Å². The van der Waals surface area contributed by atoms with Crippen LogP contribution in [0.5, 0.6) is 0 Å². The first-order valence-corrected chi connectivity index (χ1v) is 3.17. The highest BCUT2D eigenvalue weighted by Gasteiger charge is 2.18. The summed E-state index contributed by atoms with van der Waals surface area (Å²) in [6.45, 7) is 0. The number of rotatable bonds is 0. The summed E-state index contributed by atoms with van der Waals surface area (Å²) in [6.07, 6.45) is -1.83. The normalized spacial score (nSPS) is 9.13. The molecule has 0 unspecified atom stereocenters. The van der Waals surface area contributed by atoms with Crippen molar-refractivity contribution in [2.24, 2.45) is 0 Å². The van der Waals surface area contributed by atoms with E-state index >= 15 is 0 Å². The van der Waals surface area contributed by atoms with Gasteiger partial charge in [-0.15, -0.1) is 0 Å². The summed E-state index contributed by atoms with van der Waals surface area (Å²) >= 11 is 0. The summed E-state index contributed by atoms with van der Waals surface area (Å²) in [5, 5.41) is 13.9. The molecule has 1 aromatic rings. The molecule has 0 spiro atoms. The van der Waals surface area contributed by atoms with Crippen LogP contribution in [-0.2, 0) is 0 Å². The van der Waals surface area contributed by atoms with Crippen molar-refractivity contribution in [1.29, 1.82) is 0 Å². The monoisotopic (exact) mass is 230 g/mol. The average Bonchev–Trinajstić information content (AvgIpc) is 2.11. The van der Waals surface area contributed by atoms with Crippen LogP contribution in [0.1, 0.15) is 0 Å². The molecule has 0 aliphatic rings. The van der Waals surface area contributed by atoms with E-state index in [2.05, 4.69) is 0 Å². The molecule has 0 aromatic heterocycles. The van der Waals surface area contributed by atoms with Gasteiger partial charge in [0.15, 0.2) is 23.3 Å². The minimum absolute atomic E-state index is 0.0618. The Bertz CT molecular complexity index is 349. The zero-order chi connectivity index (χ0) is 12.2. The van der Waals surface area contributed by atoms with Gasteiger partial charge in [0.2, 0.25) is 5.82 Å². The second-order valence-corrected chi connectivity index (χ2v) is 2.06. The molecule has 0 atom stereocenters. The van der Waals surface area contributed by atoms with Crippen LogP contribution in [0, 0.1) is 29.1 Å². The minimum Gasteiger partial charge on any atom is -0.450 e. The molecule has 0 amide bonds. The molecular formula is C7H3F5O3. The zero-order valence-corrected chi connectivity index (χ0v) is 6.77. The molecule has 0 aliphatic carbocycles. The van der Waals surface area contributed by atoms with Crippen LogP contribution < -0.4 is 0 Å². The Hall–Kier alpha value is -1.86. The molecule has 3 nitrogen and oxygen atoms in total. The molecule has 0 bridgehead atoms. The van der Waals surface area contributed by atoms with Crippen LogP contribution in [0.4, 0.5) is 26.7 Å². The molecule has 0 fully saturated rings. The Morgan fingerprint density at radius 3 is 1.40 bits per heavy atom. The maximum Gasteiger partial charge on any atom is 0.503 e. The van der Waals surface area contributed by atoms with Crippen LogP contribution in [0.2, 0.25) is 0 Å². The molecular weight excluding hydrogens is 227 g/mol. The molecule has 0 heterocycles. The lowest BCUT2D eigenvalue weighted by Crippen LogP contribution is -1.98. The summed E-state index contributed by atoms with van der Waals surface area (Å²) < 4.78 is 60.0. The fourth-order valence-electron chi connectivity index (χ4n) is 0.544. The van der Waals surface area contributed by atoms with E-state index in [1.165, 1.54) is 0 Å². The van der Waals surface area contributed by atoms with Crippen LogP contribution in [0.25, 0.3) is 0 Å². The van der Waals surface area contributed by atoms with Gasteiger partial charge in [-0.25, -0.2) is 26.7 Å². The van der Waals surface area contributed by atoms with Crippen molar-refractivity contribution in [3.8, 4) is 0 Å². The molecule has 1 rings (SSSR count). The third-order valence-corrected chi connectivity index (χ3v) is 1.06. The third kappa shape index (κ3) is 3.79. The Morgan fingerprint density at radius 2 is 1.13 bits per heavy atom. The Balaban J connectivity index is 0.000000423. The molecule has 0 aliphatic heterocycles. The standard InChI is InChI=1S/C6HF5.CH2O3/c7-2-1-3(8)5(10)6(11)4(2)9;2-1(3)4/h1H;(H2,2,3,4). The van der Waals surface area contributed by atoms with Gasteiger partial charge in [0.25, 0.3) is 0 Å². The van der Waals surface area contributed by atoms with Crippen LogP contribution in [0.15, 0.2) is 6.07 Å². The molecule has 0 radical (unpaired) electrons. The predicted octanol–water partition coefficient (Wildman–Crippen LogP) is 2.60. The van der Waals surface area contributed by atoms with Crippen LogP contribution in [-0.4, -0.2) is 16.4 Å². The van der Waals surface area contributed by atoms with E-state index in [9.17, 15) is 22.0 Å². The quantitative estimate of drug-likeness (QED) is 0.409. The topological polar surface area (TPSA) is 57.5 Å². The van der Waals surface area contributed by atoms with Gasteiger partial charge in [0.1, 0.15) is 0 Å². The molecule has 0 saturated carbocycles. The number of hydrogen-bond donors (Lipinski definition) is 2. The first-order valence-electron chi connectivity index (χ1n) is 3.17. The summed E-state index contributed by atoms with van der Waals surface area (Å²) in [5.74, 6) is -9.65. The van der Waals surface area contributed by atoms with Crippen molar-refractivity contribution in [1.82, 2.24) is 0 Å². The Morgan fingerprint density at radius 1 is 0.867 bits per heavy atom. The van der Waals surface area contributed by atoms with Gasteiger partial charge >= 0.3 is 6.16 Å². The highest BCUT2D eigenvalue weighted by molar-refractivity contribution is 5.53. The first-order chi connectivity index (χ1) is 6.77. The lowest BCUT2D eigenvalue weighted by atomic mass is 10.3. The molecule has 0 saturated heterocycles. The number of carboxylic acid groups (broad SMARTS) is 2. The predicted molar refractivity (Wildman–Crippen MR) is 36.9 cm³/mol. The lowest BCUT2D eigenvalue weighted by molar-refractivity contribution is 0.137. The van der Waals surface area contributed by atoms with Crippen molar-refractivity contribution in [2.75, 3.05) is 0 Å². The van der Waals surface area contributed by atoms with Crippen LogP contribution in [0.3, 0.4) is 0 Å². The van der Waals surface area contributed by atoms with E-state index in [4.69, 9.17) is 15.0 Å². The molecule has 1 aromatic carbocycles. The molecule has 2 N–H and O–H groups in total. The highest BCUT2D eigenvalue weighted by Crippen LogP contribution is 2.16. The van der Waals surface area contributed by atoms with Gasteiger partial charge in [0, 0.05) is 6.07 Å². The Kier molecular flexibility index (Phi) is 4.49. The van der Waals surface area contributed by atoms with E-state index in [-0.39, 0.29) is 6.07 Å². The van der Waals surface area contributed by atoms with Gasteiger partial charge in [-0.3, -0.25) is 0 Å². The second-order valence-electron chi connectivity index (χ2n) is 2.06. The minimum atomic E-state index is -2.14. The van der Waals surface area contributed by atoms with Gasteiger partial charge in [-0.1, -0.05) is 0 Å². The largest absolute Gasteiger partial charge is 0.503 e. The number of hydrogen-bond acceptors (Lipinski definition) is 1. The highest BCUT2D eigenvalue weighted by atomic mass is 19.2. The average molecular weight is 230 g/mol. The smallest absolute Gasteiger partial charge is 0.450 e. The Labute approximate surface area is 79.4 Å². The van der Waals surface area contributed by atoms with Crippen molar-refractivity contribution in [3.63, 3.8) is 0 Å². The SMILES string of the molecule is Fc1cc(F)c(F)c(F)c1F.O=C(O)O. The second kappa shape index (κ2) is 5.13. The number of benzene rings is 1. The first kappa shape index (κ1) is 13.1. The van der Waals surface area contributed by atoms with Crippen molar-refractivity contribution < 1.29 is 37.0 Å². The number of carbonyl (C=O) groups is 1. The lowest BCUT2D eigenvalue weighted by Gasteiger charge is -1.96. The molecule has 15 heavy (non-hydrogen) atoms. The van der Waals surface area contributed by atoms with Gasteiger partial charge < -0.3 is 10.2 Å². The van der Waals surface area contributed by atoms with E-state index in [0.29, 0.717) is 0 Å². The fraction of sp³-hybridized carbons (Fsp3) is 0. The molecule has 8 heteroatoms. The van der Waals surface area contributed by atoms with Gasteiger partial charge in [0.05, 0.1) is 0 Å².